The second kappa shape index (κ2) is 4.31. The summed E-state index contributed by atoms with van der Waals surface area (Å²) in [5.41, 5.74) is 1.53. The summed E-state index contributed by atoms with van der Waals surface area (Å²) in [6, 6.07) is 1.72. The number of fused-ring (bicyclic) bond motifs is 1. The Labute approximate surface area is 109 Å². The molecule has 0 spiro atoms. The minimum absolute atomic E-state index is 0.0969. The molecule has 6 nitrogen and oxygen atoms in total. The van der Waals surface area contributed by atoms with E-state index >= 15 is 0 Å². The molecule has 1 amide bonds. The monoisotopic (exact) mass is 261 g/mol. The summed E-state index contributed by atoms with van der Waals surface area (Å²) >= 11 is 0. The van der Waals surface area contributed by atoms with Crippen LogP contribution in [0.2, 0.25) is 0 Å². The molecule has 0 aliphatic heterocycles. The van der Waals surface area contributed by atoms with Crippen LogP contribution < -0.4 is 5.32 Å². The predicted molar refractivity (Wildman–Crippen MR) is 67.6 cm³/mol. The molecule has 1 fully saturated rings. The maximum absolute atomic E-state index is 12.0. The largest absolute Gasteiger partial charge is 0.396 e. The summed E-state index contributed by atoms with van der Waals surface area (Å²) in [5.74, 6) is -0.185. The van der Waals surface area contributed by atoms with Gasteiger partial charge in [-0.05, 0) is 25.8 Å². The molecule has 19 heavy (non-hydrogen) atoms. The second-order valence-corrected chi connectivity index (χ2v) is 5.19. The zero-order valence-electron chi connectivity index (χ0n) is 10.6. The van der Waals surface area contributed by atoms with Crippen molar-refractivity contribution in [2.24, 2.45) is 5.41 Å². The van der Waals surface area contributed by atoms with E-state index in [-0.39, 0.29) is 17.9 Å². The molecular formula is C13H15N3O3. The van der Waals surface area contributed by atoms with E-state index in [4.69, 9.17) is 4.52 Å². The highest BCUT2D eigenvalue weighted by molar-refractivity contribution is 5.96. The topological polar surface area (TPSA) is 88.2 Å². The van der Waals surface area contributed by atoms with E-state index in [2.05, 4.69) is 15.5 Å². The number of aliphatic hydroxyl groups excluding tert-OH is 1. The number of pyridine rings is 1. The molecule has 100 valence electrons. The zero-order valence-corrected chi connectivity index (χ0v) is 10.6. The number of aromatic nitrogens is 2. The van der Waals surface area contributed by atoms with E-state index in [1.165, 1.54) is 6.20 Å². The van der Waals surface area contributed by atoms with E-state index in [1.54, 1.807) is 13.0 Å². The fraction of sp³-hybridized carbons (Fsp3) is 0.462. The fourth-order valence-electron chi connectivity index (χ4n) is 2.01. The summed E-state index contributed by atoms with van der Waals surface area (Å²) in [6.07, 6.45) is 3.40. The molecule has 2 aromatic rings. The van der Waals surface area contributed by atoms with Gasteiger partial charge in [-0.25, -0.2) is 4.98 Å². The van der Waals surface area contributed by atoms with Gasteiger partial charge in [0, 0.05) is 18.2 Å². The Morgan fingerprint density at radius 1 is 1.58 bits per heavy atom. The van der Waals surface area contributed by atoms with Crippen molar-refractivity contribution in [3.05, 3.63) is 23.5 Å². The number of rotatable bonds is 4. The molecule has 2 heterocycles. The van der Waals surface area contributed by atoms with Crippen LogP contribution in [0.15, 0.2) is 16.8 Å². The number of carbonyl (C=O) groups excluding carboxylic acids is 1. The van der Waals surface area contributed by atoms with Crippen molar-refractivity contribution >= 4 is 17.0 Å². The van der Waals surface area contributed by atoms with Crippen LogP contribution in [0.25, 0.3) is 11.1 Å². The first kappa shape index (κ1) is 12.1. The third-order valence-electron chi connectivity index (χ3n) is 3.69. The van der Waals surface area contributed by atoms with Gasteiger partial charge in [-0.2, -0.15) is 0 Å². The van der Waals surface area contributed by atoms with Crippen LogP contribution in [-0.2, 0) is 0 Å². The molecule has 1 aliphatic carbocycles. The van der Waals surface area contributed by atoms with E-state index in [0.717, 1.165) is 18.2 Å². The number of aliphatic hydroxyl groups is 1. The number of nitrogens with zero attached hydrogens (tertiary/aromatic N) is 2. The first-order valence-electron chi connectivity index (χ1n) is 6.25. The molecule has 6 heteroatoms. The number of hydrogen-bond donors (Lipinski definition) is 2. The van der Waals surface area contributed by atoms with Crippen molar-refractivity contribution in [1.29, 1.82) is 0 Å². The van der Waals surface area contributed by atoms with Gasteiger partial charge in [-0.1, -0.05) is 5.16 Å². The molecule has 0 bridgehead atoms. The highest BCUT2D eigenvalue weighted by Crippen LogP contribution is 2.44. The van der Waals surface area contributed by atoms with Gasteiger partial charge >= 0.3 is 0 Å². The minimum atomic E-state index is -0.185. The average Bonchev–Trinajstić information content (AvgIpc) is 3.14. The van der Waals surface area contributed by atoms with Gasteiger partial charge in [-0.15, -0.1) is 0 Å². The Bertz CT molecular complexity index is 631. The van der Waals surface area contributed by atoms with Gasteiger partial charge in [0.15, 0.2) is 0 Å². The van der Waals surface area contributed by atoms with Gasteiger partial charge < -0.3 is 14.9 Å². The molecular weight excluding hydrogens is 246 g/mol. The van der Waals surface area contributed by atoms with Crippen LogP contribution in [0.4, 0.5) is 0 Å². The Morgan fingerprint density at radius 3 is 3.05 bits per heavy atom. The lowest BCUT2D eigenvalue weighted by Gasteiger charge is -2.12. The van der Waals surface area contributed by atoms with Gasteiger partial charge in [0.2, 0.25) is 0 Å². The summed E-state index contributed by atoms with van der Waals surface area (Å²) < 4.78 is 5.00. The van der Waals surface area contributed by atoms with E-state index in [0.29, 0.717) is 23.5 Å². The molecule has 0 radical (unpaired) electrons. The summed E-state index contributed by atoms with van der Waals surface area (Å²) in [5, 5.41) is 16.6. The third kappa shape index (κ3) is 2.19. The molecule has 2 N–H and O–H groups in total. The summed E-state index contributed by atoms with van der Waals surface area (Å²) in [4.78, 5) is 16.1. The highest BCUT2D eigenvalue weighted by atomic mass is 16.5. The lowest BCUT2D eigenvalue weighted by atomic mass is 10.1. The van der Waals surface area contributed by atoms with Crippen LogP contribution in [0.1, 0.15) is 28.9 Å². The van der Waals surface area contributed by atoms with Crippen molar-refractivity contribution in [2.45, 2.75) is 19.8 Å². The van der Waals surface area contributed by atoms with Crippen LogP contribution in [-0.4, -0.2) is 34.3 Å². The number of carbonyl (C=O) groups is 1. The molecule has 3 rings (SSSR count). The Kier molecular flexibility index (Phi) is 2.74. The van der Waals surface area contributed by atoms with Crippen molar-refractivity contribution in [3.8, 4) is 0 Å². The quantitative estimate of drug-likeness (QED) is 0.858. The van der Waals surface area contributed by atoms with Crippen molar-refractivity contribution < 1.29 is 14.4 Å². The van der Waals surface area contributed by atoms with E-state index in [1.807, 2.05) is 0 Å². The minimum Gasteiger partial charge on any atom is -0.396 e. The van der Waals surface area contributed by atoms with Crippen molar-refractivity contribution in [3.63, 3.8) is 0 Å². The van der Waals surface area contributed by atoms with Crippen molar-refractivity contribution in [1.82, 2.24) is 15.5 Å². The highest BCUT2D eigenvalue weighted by Gasteiger charge is 2.42. The first-order valence-corrected chi connectivity index (χ1v) is 6.25. The van der Waals surface area contributed by atoms with E-state index < -0.39 is 0 Å². The van der Waals surface area contributed by atoms with Crippen LogP contribution >= 0.6 is 0 Å². The summed E-state index contributed by atoms with van der Waals surface area (Å²) in [7, 11) is 0. The number of hydrogen-bond acceptors (Lipinski definition) is 5. The average molecular weight is 261 g/mol. The van der Waals surface area contributed by atoms with E-state index in [9.17, 15) is 9.90 Å². The number of aryl methyl sites for hydroxylation is 1. The molecule has 0 atom stereocenters. The van der Waals surface area contributed by atoms with Gasteiger partial charge in [0.05, 0.1) is 23.3 Å². The number of nitrogens with one attached hydrogen (secondary N) is 1. The zero-order chi connectivity index (χ0) is 13.5. The molecule has 0 unspecified atom stereocenters. The smallest absolute Gasteiger partial charge is 0.257 e. The number of amides is 1. The molecule has 1 saturated carbocycles. The van der Waals surface area contributed by atoms with Crippen LogP contribution in [0.3, 0.4) is 0 Å². The van der Waals surface area contributed by atoms with Gasteiger partial charge in [0.25, 0.3) is 11.6 Å². The SMILES string of the molecule is Cc1noc2ncc(C(=O)NCC3(CO)CC3)cc12. The summed E-state index contributed by atoms with van der Waals surface area (Å²) in [6.45, 7) is 2.43. The van der Waals surface area contributed by atoms with Crippen LogP contribution in [0.5, 0.6) is 0 Å². The predicted octanol–water partition coefficient (Wildman–Crippen LogP) is 1.03. The maximum atomic E-state index is 12.0. The first-order chi connectivity index (χ1) is 9.13. The normalized spacial score (nSPS) is 16.5. The fourth-order valence-corrected chi connectivity index (χ4v) is 2.01. The lowest BCUT2D eigenvalue weighted by molar-refractivity contribution is 0.0935. The van der Waals surface area contributed by atoms with Crippen LogP contribution in [0, 0.1) is 12.3 Å². The second-order valence-electron chi connectivity index (χ2n) is 5.19. The maximum Gasteiger partial charge on any atom is 0.257 e. The van der Waals surface area contributed by atoms with Gasteiger partial charge in [0.1, 0.15) is 0 Å². The molecule has 1 aliphatic rings. The Balaban J connectivity index is 1.75. The molecule has 2 aromatic heterocycles. The lowest BCUT2D eigenvalue weighted by Crippen LogP contribution is -2.31. The Hall–Kier alpha value is -1.95. The molecule has 0 saturated heterocycles. The Morgan fingerprint density at radius 2 is 2.37 bits per heavy atom. The third-order valence-corrected chi connectivity index (χ3v) is 3.69. The van der Waals surface area contributed by atoms with Crippen molar-refractivity contribution in [2.75, 3.05) is 13.2 Å². The van der Waals surface area contributed by atoms with Gasteiger partial charge in [-0.3, -0.25) is 4.79 Å². The standard InChI is InChI=1S/C13H15N3O3/c1-8-10-4-9(5-14-12(10)19-16-8)11(18)15-6-13(7-17)2-3-13/h4-5,17H,2-3,6-7H2,1H3,(H,15,18). The molecule has 0 aromatic carbocycles.